The number of hydrogen-bond acceptors (Lipinski definition) is 2. The maximum atomic E-state index is 13.0. The van der Waals surface area contributed by atoms with E-state index in [1.165, 1.54) is 12.1 Å². The first-order valence-corrected chi connectivity index (χ1v) is 8.23. The molecule has 0 radical (unpaired) electrons. The molecule has 0 aliphatic rings. The minimum Gasteiger partial charge on any atom is -0.382 e. The van der Waals surface area contributed by atoms with Gasteiger partial charge in [-0.1, -0.05) is 30.3 Å². The van der Waals surface area contributed by atoms with Crippen molar-refractivity contribution in [3.63, 3.8) is 0 Å². The largest absolute Gasteiger partial charge is 0.382 e. The number of nitrogens with one attached hydrogen (secondary N) is 1. The molecule has 0 bridgehead atoms. The zero-order valence-corrected chi connectivity index (χ0v) is 13.9. The summed E-state index contributed by atoms with van der Waals surface area (Å²) >= 11 is 0. The molecular weight excluding hydrogens is 307 g/mol. The van der Waals surface area contributed by atoms with Crippen LogP contribution in [0.25, 0.3) is 0 Å². The molecule has 0 saturated heterocycles. The van der Waals surface area contributed by atoms with Gasteiger partial charge in [-0.05, 0) is 31.2 Å². The van der Waals surface area contributed by atoms with Crippen LogP contribution in [0.3, 0.4) is 0 Å². The summed E-state index contributed by atoms with van der Waals surface area (Å²) < 4.78 is 18.3. The lowest BCUT2D eigenvalue weighted by Gasteiger charge is -2.16. The summed E-state index contributed by atoms with van der Waals surface area (Å²) in [4.78, 5) is 12.7. The Balaban J connectivity index is 2.01. The highest BCUT2D eigenvalue weighted by Crippen LogP contribution is 2.13. The van der Waals surface area contributed by atoms with Gasteiger partial charge in [0, 0.05) is 24.3 Å². The van der Waals surface area contributed by atoms with Crippen LogP contribution in [0.4, 0.5) is 10.1 Å². The van der Waals surface area contributed by atoms with E-state index in [4.69, 9.17) is 4.74 Å². The van der Waals surface area contributed by atoms with E-state index >= 15 is 0 Å². The molecule has 3 N–H and O–H groups in total. The third-order valence-electron chi connectivity index (χ3n) is 3.65. The van der Waals surface area contributed by atoms with Crippen molar-refractivity contribution in [3.8, 4) is 0 Å². The second-order valence-electron chi connectivity index (χ2n) is 5.46. The maximum Gasteiger partial charge on any atom is 0.287 e. The highest BCUT2D eigenvalue weighted by molar-refractivity contribution is 5.94. The molecule has 0 heterocycles. The lowest BCUT2D eigenvalue weighted by atomic mass is 10.1. The standard InChI is InChI=1S/C19H23FN2O2/c1-2-24-14-6-13-21-18(15-7-4-3-5-8-15)19(23)22-17-11-9-16(20)10-12-17/h3-5,7-12,18,21H,2,6,13-14H2,1H3,(H,22,23)/p+1/t18-/m1/s1. The van der Waals surface area contributed by atoms with E-state index in [1.807, 2.05) is 42.6 Å². The van der Waals surface area contributed by atoms with Gasteiger partial charge in [-0.25, -0.2) is 4.39 Å². The van der Waals surface area contributed by atoms with E-state index in [1.54, 1.807) is 12.1 Å². The van der Waals surface area contributed by atoms with Gasteiger partial charge in [-0.2, -0.15) is 0 Å². The zero-order valence-electron chi connectivity index (χ0n) is 13.9. The molecule has 0 saturated carbocycles. The predicted molar refractivity (Wildman–Crippen MR) is 92.1 cm³/mol. The average molecular weight is 331 g/mol. The van der Waals surface area contributed by atoms with Crippen LogP contribution < -0.4 is 10.6 Å². The molecule has 1 amide bonds. The van der Waals surface area contributed by atoms with Gasteiger partial charge in [0.2, 0.25) is 0 Å². The quantitative estimate of drug-likeness (QED) is 0.694. The molecule has 2 rings (SSSR count). The minimum absolute atomic E-state index is 0.121. The van der Waals surface area contributed by atoms with E-state index in [0.717, 1.165) is 18.5 Å². The van der Waals surface area contributed by atoms with E-state index in [2.05, 4.69) is 5.32 Å². The topological polar surface area (TPSA) is 54.9 Å². The lowest BCUT2D eigenvalue weighted by Crippen LogP contribution is -2.87. The van der Waals surface area contributed by atoms with Gasteiger partial charge in [0.25, 0.3) is 5.91 Å². The first-order valence-electron chi connectivity index (χ1n) is 8.23. The molecule has 0 unspecified atom stereocenters. The number of quaternary nitrogens is 1. The Morgan fingerprint density at radius 3 is 2.54 bits per heavy atom. The molecule has 1 atom stereocenters. The van der Waals surface area contributed by atoms with Crippen molar-refractivity contribution in [3.05, 3.63) is 66.0 Å². The highest BCUT2D eigenvalue weighted by Gasteiger charge is 2.23. The van der Waals surface area contributed by atoms with Gasteiger partial charge >= 0.3 is 0 Å². The van der Waals surface area contributed by atoms with Gasteiger partial charge in [-0.15, -0.1) is 0 Å². The van der Waals surface area contributed by atoms with E-state index in [-0.39, 0.29) is 17.8 Å². The van der Waals surface area contributed by atoms with Crippen molar-refractivity contribution >= 4 is 11.6 Å². The summed E-state index contributed by atoms with van der Waals surface area (Å²) in [5, 5.41) is 4.86. The van der Waals surface area contributed by atoms with Crippen LogP contribution in [-0.4, -0.2) is 25.7 Å². The molecule has 128 valence electrons. The van der Waals surface area contributed by atoms with E-state index in [0.29, 0.717) is 18.9 Å². The van der Waals surface area contributed by atoms with Crippen molar-refractivity contribution in [2.75, 3.05) is 25.1 Å². The van der Waals surface area contributed by atoms with Crippen molar-refractivity contribution in [2.45, 2.75) is 19.4 Å². The first kappa shape index (κ1) is 18.1. The van der Waals surface area contributed by atoms with Crippen LogP contribution in [-0.2, 0) is 9.53 Å². The number of nitrogens with two attached hydrogens (primary N) is 1. The number of carbonyl (C=O) groups is 1. The summed E-state index contributed by atoms with van der Waals surface area (Å²) in [6.45, 7) is 4.14. The van der Waals surface area contributed by atoms with Crippen LogP contribution in [0.15, 0.2) is 54.6 Å². The van der Waals surface area contributed by atoms with Gasteiger partial charge in [0.1, 0.15) is 5.82 Å². The van der Waals surface area contributed by atoms with Crippen molar-refractivity contribution < 1.29 is 19.2 Å². The summed E-state index contributed by atoms with van der Waals surface area (Å²) in [5.74, 6) is -0.445. The molecule has 0 aliphatic carbocycles. The number of halogens is 1. The van der Waals surface area contributed by atoms with Crippen LogP contribution in [0.2, 0.25) is 0 Å². The number of hydrogen-bond donors (Lipinski definition) is 2. The molecule has 0 aromatic heterocycles. The van der Waals surface area contributed by atoms with Gasteiger partial charge in [0.05, 0.1) is 13.2 Å². The first-order chi connectivity index (χ1) is 11.7. The van der Waals surface area contributed by atoms with Gasteiger partial charge < -0.3 is 15.4 Å². The zero-order chi connectivity index (χ0) is 17.2. The van der Waals surface area contributed by atoms with Crippen molar-refractivity contribution in [1.29, 1.82) is 0 Å². The SMILES string of the molecule is CCOCCC[NH2+][C@@H](C(=O)Nc1ccc(F)cc1)c1ccccc1. The molecule has 24 heavy (non-hydrogen) atoms. The third kappa shape index (κ3) is 5.76. The van der Waals surface area contributed by atoms with Crippen LogP contribution in [0.5, 0.6) is 0 Å². The summed E-state index contributed by atoms with van der Waals surface area (Å²) in [5.41, 5.74) is 1.53. The van der Waals surface area contributed by atoms with Crippen LogP contribution in [0, 0.1) is 5.82 Å². The van der Waals surface area contributed by atoms with E-state index in [9.17, 15) is 9.18 Å². The third-order valence-corrected chi connectivity index (χ3v) is 3.65. The summed E-state index contributed by atoms with van der Waals surface area (Å²) in [7, 11) is 0. The molecular formula is C19H24FN2O2+. The smallest absolute Gasteiger partial charge is 0.287 e. The van der Waals surface area contributed by atoms with E-state index < -0.39 is 0 Å². The fourth-order valence-electron chi connectivity index (χ4n) is 2.42. The Bertz CT molecular complexity index is 617. The van der Waals surface area contributed by atoms with Crippen molar-refractivity contribution in [2.24, 2.45) is 0 Å². The minimum atomic E-state index is -0.349. The lowest BCUT2D eigenvalue weighted by molar-refractivity contribution is -0.682. The van der Waals surface area contributed by atoms with Crippen LogP contribution >= 0.6 is 0 Å². The Morgan fingerprint density at radius 2 is 1.88 bits per heavy atom. The highest BCUT2D eigenvalue weighted by atomic mass is 19.1. The molecule has 0 aliphatic heterocycles. The fourth-order valence-corrected chi connectivity index (χ4v) is 2.42. The molecule has 2 aromatic rings. The number of rotatable bonds is 9. The number of anilines is 1. The molecule has 0 fully saturated rings. The number of carbonyl (C=O) groups excluding carboxylic acids is 1. The molecule has 4 nitrogen and oxygen atoms in total. The number of amides is 1. The Labute approximate surface area is 142 Å². The number of ether oxygens (including phenoxy) is 1. The normalized spacial score (nSPS) is 11.9. The maximum absolute atomic E-state index is 13.0. The van der Waals surface area contributed by atoms with Crippen LogP contribution in [0.1, 0.15) is 24.9 Å². The molecule has 0 spiro atoms. The Kier molecular flexibility index (Phi) is 7.39. The fraction of sp³-hybridized carbons (Fsp3) is 0.316. The predicted octanol–water partition coefficient (Wildman–Crippen LogP) is 2.50. The number of benzene rings is 2. The summed E-state index contributed by atoms with van der Waals surface area (Å²) in [6.07, 6.45) is 0.876. The molecule has 2 aromatic carbocycles. The van der Waals surface area contributed by atoms with Crippen molar-refractivity contribution in [1.82, 2.24) is 0 Å². The Hall–Kier alpha value is -2.24. The second kappa shape index (κ2) is 9.80. The Morgan fingerprint density at radius 1 is 1.17 bits per heavy atom. The van der Waals surface area contributed by atoms with Gasteiger partial charge in [-0.3, -0.25) is 4.79 Å². The summed E-state index contributed by atoms with van der Waals surface area (Å²) in [6, 6.07) is 15.1. The van der Waals surface area contributed by atoms with Gasteiger partial charge in [0.15, 0.2) is 6.04 Å². The second-order valence-corrected chi connectivity index (χ2v) is 5.46. The average Bonchev–Trinajstić information content (AvgIpc) is 2.61. The molecule has 5 heteroatoms. The monoisotopic (exact) mass is 331 g/mol.